The SMILES string of the molecule is CCCCOC(=O)Nc1nc(C)c(C(O)c2cccc(F)c2)s1. The number of aliphatic hydroxyl groups is 1. The zero-order valence-corrected chi connectivity index (χ0v) is 13.8. The first-order valence-electron chi connectivity index (χ1n) is 7.36. The molecule has 2 N–H and O–H groups in total. The molecule has 1 heterocycles. The number of ether oxygens (including phenoxy) is 1. The average Bonchev–Trinajstić information content (AvgIpc) is 2.87. The molecule has 0 saturated heterocycles. The van der Waals surface area contributed by atoms with Crippen LogP contribution in [0.2, 0.25) is 0 Å². The van der Waals surface area contributed by atoms with Crippen LogP contribution in [0.15, 0.2) is 24.3 Å². The molecular weight excluding hydrogens is 319 g/mol. The molecule has 124 valence electrons. The van der Waals surface area contributed by atoms with E-state index in [2.05, 4.69) is 10.3 Å². The van der Waals surface area contributed by atoms with Crippen LogP contribution in [0.1, 0.15) is 42.0 Å². The Morgan fingerprint density at radius 3 is 3.00 bits per heavy atom. The standard InChI is InChI=1S/C16H19FN2O3S/c1-3-4-8-22-16(21)19-15-18-10(2)14(23-15)13(20)11-6-5-7-12(17)9-11/h5-7,9,13,20H,3-4,8H2,1-2H3,(H,18,19,21). The number of thiazole rings is 1. The molecule has 7 heteroatoms. The molecule has 1 atom stereocenters. The highest BCUT2D eigenvalue weighted by Crippen LogP contribution is 2.32. The minimum Gasteiger partial charge on any atom is -0.449 e. The maximum atomic E-state index is 13.3. The van der Waals surface area contributed by atoms with Crippen LogP contribution >= 0.6 is 11.3 Å². The van der Waals surface area contributed by atoms with Gasteiger partial charge in [-0.05, 0) is 31.0 Å². The van der Waals surface area contributed by atoms with Crippen molar-refractivity contribution >= 4 is 22.6 Å². The van der Waals surface area contributed by atoms with Crippen LogP contribution in [0.25, 0.3) is 0 Å². The number of aromatic nitrogens is 1. The van der Waals surface area contributed by atoms with Crippen molar-refractivity contribution in [3.63, 3.8) is 0 Å². The maximum absolute atomic E-state index is 13.3. The van der Waals surface area contributed by atoms with Gasteiger partial charge in [0, 0.05) is 0 Å². The molecule has 1 aromatic heterocycles. The number of rotatable bonds is 6. The average molecular weight is 338 g/mol. The number of benzene rings is 1. The van der Waals surface area contributed by atoms with Gasteiger partial charge in [-0.25, -0.2) is 14.2 Å². The predicted molar refractivity (Wildman–Crippen MR) is 87.2 cm³/mol. The van der Waals surface area contributed by atoms with Gasteiger partial charge in [-0.2, -0.15) is 0 Å². The molecule has 0 saturated carbocycles. The first-order valence-corrected chi connectivity index (χ1v) is 8.17. The van der Waals surface area contributed by atoms with Gasteiger partial charge in [-0.1, -0.05) is 36.8 Å². The lowest BCUT2D eigenvalue weighted by atomic mass is 10.1. The number of nitrogens with zero attached hydrogens (tertiary/aromatic N) is 1. The van der Waals surface area contributed by atoms with E-state index in [1.165, 1.54) is 18.2 Å². The summed E-state index contributed by atoms with van der Waals surface area (Å²) in [4.78, 5) is 16.4. The van der Waals surface area contributed by atoms with Crippen molar-refractivity contribution in [2.75, 3.05) is 11.9 Å². The number of halogens is 1. The number of hydrogen-bond donors (Lipinski definition) is 2. The monoisotopic (exact) mass is 338 g/mol. The molecule has 23 heavy (non-hydrogen) atoms. The first kappa shape index (κ1) is 17.4. The van der Waals surface area contributed by atoms with Crippen molar-refractivity contribution in [1.29, 1.82) is 0 Å². The van der Waals surface area contributed by atoms with Gasteiger partial charge < -0.3 is 9.84 Å². The van der Waals surface area contributed by atoms with Crippen LogP contribution < -0.4 is 5.32 Å². The van der Waals surface area contributed by atoms with Crippen LogP contribution in [0.3, 0.4) is 0 Å². The Bertz CT molecular complexity index is 675. The fraction of sp³-hybridized carbons (Fsp3) is 0.375. The second-order valence-corrected chi connectivity index (χ2v) is 6.07. The number of aliphatic hydroxyl groups excluding tert-OH is 1. The van der Waals surface area contributed by atoms with Crippen LogP contribution in [0.5, 0.6) is 0 Å². The van der Waals surface area contributed by atoms with E-state index in [-0.39, 0.29) is 0 Å². The molecule has 0 fully saturated rings. The summed E-state index contributed by atoms with van der Waals surface area (Å²) < 4.78 is 18.3. The number of anilines is 1. The van der Waals surface area contributed by atoms with Crippen molar-refractivity contribution in [1.82, 2.24) is 4.98 Å². The Morgan fingerprint density at radius 1 is 1.52 bits per heavy atom. The molecule has 0 bridgehead atoms. The third-order valence-corrected chi connectivity index (χ3v) is 4.31. The smallest absolute Gasteiger partial charge is 0.413 e. The zero-order chi connectivity index (χ0) is 16.8. The van der Waals surface area contributed by atoms with Gasteiger partial charge in [0.2, 0.25) is 0 Å². The third kappa shape index (κ3) is 4.74. The van der Waals surface area contributed by atoms with Crippen molar-refractivity contribution in [3.05, 3.63) is 46.2 Å². The summed E-state index contributed by atoms with van der Waals surface area (Å²) in [5.41, 5.74) is 1.02. The Hall–Kier alpha value is -1.99. The Kier molecular flexibility index (Phi) is 6.06. The number of amides is 1. The highest BCUT2D eigenvalue weighted by Gasteiger charge is 2.19. The lowest BCUT2D eigenvalue weighted by Gasteiger charge is -2.09. The highest BCUT2D eigenvalue weighted by atomic mass is 32.1. The molecule has 2 rings (SSSR count). The molecule has 0 radical (unpaired) electrons. The quantitative estimate of drug-likeness (QED) is 0.780. The van der Waals surface area contributed by atoms with Gasteiger partial charge in [0.05, 0.1) is 17.2 Å². The largest absolute Gasteiger partial charge is 0.449 e. The summed E-state index contributed by atoms with van der Waals surface area (Å²) in [7, 11) is 0. The molecule has 0 aliphatic rings. The van der Waals surface area contributed by atoms with Gasteiger partial charge in [-0.3, -0.25) is 5.32 Å². The second kappa shape index (κ2) is 8.03. The van der Waals surface area contributed by atoms with Crippen molar-refractivity contribution < 1.29 is 19.0 Å². The van der Waals surface area contributed by atoms with E-state index in [9.17, 15) is 14.3 Å². The Balaban J connectivity index is 2.07. The van der Waals surface area contributed by atoms with E-state index in [0.717, 1.165) is 24.2 Å². The number of hydrogen-bond acceptors (Lipinski definition) is 5. The van der Waals surface area contributed by atoms with Crippen molar-refractivity contribution in [2.24, 2.45) is 0 Å². The predicted octanol–water partition coefficient (Wildman–Crippen LogP) is 4.02. The number of carbonyl (C=O) groups excluding carboxylic acids is 1. The van der Waals surface area contributed by atoms with E-state index >= 15 is 0 Å². The van der Waals surface area contributed by atoms with E-state index in [0.29, 0.717) is 27.9 Å². The van der Waals surface area contributed by atoms with Crippen molar-refractivity contribution in [3.8, 4) is 0 Å². The first-order chi connectivity index (χ1) is 11.0. The summed E-state index contributed by atoms with van der Waals surface area (Å²) >= 11 is 1.14. The fourth-order valence-electron chi connectivity index (χ4n) is 1.98. The number of carbonyl (C=O) groups is 1. The summed E-state index contributed by atoms with van der Waals surface area (Å²) in [6.45, 7) is 4.08. The van der Waals surface area contributed by atoms with Crippen LogP contribution in [0.4, 0.5) is 14.3 Å². The van der Waals surface area contributed by atoms with E-state index in [1.54, 1.807) is 13.0 Å². The lowest BCUT2D eigenvalue weighted by Crippen LogP contribution is -2.14. The Labute approximate surface area is 138 Å². The van der Waals surface area contributed by atoms with Crippen LogP contribution in [0, 0.1) is 12.7 Å². The summed E-state index contributed by atoms with van der Waals surface area (Å²) in [5.74, 6) is -0.415. The minimum atomic E-state index is -0.991. The molecule has 0 aliphatic carbocycles. The Morgan fingerprint density at radius 2 is 2.30 bits per heavy atom. The van der Waals surface area contributed by atoms with Crippen LogP contribution in [-0.4, -0.2) is 22.8 Å². The van der Waals surface area contributed by atoms with E-state index < -0.39 is 18.0 Å². The van der Waals surface area contributed by atoms with E-state index in [1.807, 2.05) is 6.92 Å². The third-order valence-electron chi connectivity index (χ3n) is 3.19. The summed E-state index contributed by atoms with van der Waals surface area (Å²) in [6, 6.07) is 5.76. The molecular formula is C16H19FN2O3S. The topological polar surface area (TPSA) is 71.5 Å². The minimum absolute atomic E-state index is 0.342. The normalized spacial score (nSPS) is 12.0. The molecule has 0 aliphatic heterocycles. The number of nitrogens with one attached hydrogen (secondary N) is 1. The maximum Gasteiger partial charge on any atom is 0.413 e. The van der Waals surface area contributed by atoms with Crippen molar-refractivity contribution in [2.45, 2.75) is 32.8 Å². The highest BCUT2D eigenvalue weighted by molar-refractivity contribution is 7.16. The molecule has 1 aromatic carbocycles. The zero-order valence-electron chi connectivity index (χ0n) is 13.0. The van der Waals surface area contributed by atoms with Gasteiger partial charge in [-0.15, -0.1) is 0 Å². The molecule has 5 nitrogen and oxygen atoms in total. The number of aryl methyl sites for hydroxylation is 1. The fourth-order valence-corrected chi connectivity index (χ4v) is 2.94. The van der Waals surface area contributed by atoms with Gasteiger partial charge in [0.15, 0.2) is 5.13 Å². The van der Waals surface area contributed by atoms with Gasteiger partial charge in [0.25, 0.3) is 0 Å². The van der Waals surface area contributed by atoms with Gasteiger partial charge in [0.1, 0.15) is 11.9 Å². The lowest BCUT2D eigenvalue weighted by molar-refractivity contribution is 0.160. The molecule has 0 spiro atoms. The van der Waals surface area contributed by atoms with Gasteiger partial charge >= 0.3 is 6.09 Å². The summed E-state index contributed by atoms with van der Waals surface area (Å²) in [5, 5.41) is 13.3. The van der Waals surface area contributed by atoms with Crippen LogP contribution in [-0.2, 0) is 4.74 Å². The molecule has 1 unspecified atom stereocenters. The molecule has 1 amide bonds. The summed E-state index contributed by atoms with van der Waals surface area (Å²) in [6.07, 6.45) is 0.176. The number of unbranched alkanes of at least 4 members (excludes halogenated alkanes) is 1. The second-order valence-electron chi connectivity index (χ2n) is 5.04. The van der Waals surface area contributed by atoms with E-state index in [4.69, 9.17) is 4.74 Å². The molecule has 2 aromatic rings.